The molecule has 0 aromatic heterocycles. The van der Waals surface area contributed by atoms with Gasteiger partial charge in [0.05, 0.1) is 13.2 Å². The standard InChI is InChI=1S/C16H26N2O/c1-3-14-6-4-5-7-15(14)11-18-13(2)10-16-12-19-9-8-17-16/h4-7,13,16-18H,3,8-12H2,1-2H3. The summed E-state index contributed by atoms with van der Waals surface area (Å²) >= 11 is 0. The van der Waals surface area contributed by atoms with Crippen molar-refractivity contribution in [1.29, 1.82) is 0 Å². The highest BCUT2D eigenvalue weighted by Gasteiger charge is 2.15. The maximum atomic E-state index is 5.49. The van der Waals surface area contributed by atoms with Crippen molar-refractivity contribution in [3.05, 3.63) is 35.4 Å². The van der Waals surface area contributed by atoms with Gasteiger partial charge in [-0.1, -0.05) is 31.2 Å². The van der Waals surface area contributed by atoms with Gasteiger partial charge in [-0.05, 0) is 30.9 Å². The second kappa shape index (κ2) is 7.63. The van der Waals surface area contributed by atoms with Crippen LogP contribution in [0.3, 0.4) is 0 Å². The molecular weight excluding hydrogens is 236 g/mol. The zero-order valence-corrected chi connectivity index (χ0v) is 12.1. The van der Waals surface area contributed by atoms with Crippen LogP contribution >= 0.6 is 0 Å². The van der Waals surface area contributed by atoms with Gasteiger partial charge in [-0.15, -0.1) is 0 Å². The number of rotatable bonds is 6. The van der Waals surface area contributed by atoms with Crippen LogP contribution in [0.4, 0.5) is 0 Å². The number of morpholine rings is 1. The van der Waals surface area contributed by atoms with Gasteiger partial charge in [0.2, 0.25) is 0 Å². The maximum Gasteiger partial charge on any atom is 0.0620 e. The van der Waals surface area contributed by atoms with Crippen molar-refractivity contribution in [2.75, 3.05) is 19.8 Å². The zero-order valence-electron chi connectivity index (χ0n) is 12.1. The lowest BCUT2D eigenvalue weighted by molar-refractivity contribution is 0.0712. The Morgan fingerprint density at radius 2 is 2.16 bits per heavy atom. The third-order valence-electron chi connectivity index (χ3n) is 3.78. The molecule has 1 aromatic carbocycles. The van der Waals surface area contributed by atoms with Gasteiger partial charge in [0.15, 0.2) is 0 Å². The van der Waals surface area contributed by atoms with E-state index >= 15 is 0 Å². The molecule has 0 amide bonds. The Labute approximate surface area is 116 Å². The molecule has 19 heavy (non-hydrogen) atoms. The fourth-order valence-corrected chi connectivity index (χ4v) is 2.64. The summed E-state index contributed by atoms with van der Waals surface area (Å²) in [5.74, 6) is 0. The Hall–Kier alpha value is -0.900. The number of hydrogen-bond acceptors (Lipinski definition) is 3. The van der Waals surface area contributed by atoms with E-state index in [1.54, 1.807) is 0 Å². The highest BCUT2D eigenvalue weighted by atomic mass is 16.5. The summed E-state index contributed by atoms with van der Waals surface area (Å²) in [4.78, 5) is 0. The molecule has 1 fully saturated rings. The second-order valence-corrected chi connectivity index (χ2v) is 5.37. The van der Waals surface area contributed by atoms with Crippen molar-refractivity contribution in [3.8, 4) is 0 Å². The molecule has 0 bridgehead atoms. The molecule has 106 valence electrons. The quantitative estimate of drug-likeness (QED) is 0.824. The van der Waals surface area contributed by atoms with E-state index in [1.165, 1.54) is 11.1 Å². The Morgan fingerprint density at radius 3 is 2.84 bits per heavy atom. The Bertz CT molecular complexity index is 375. The third-order valence-corrected chi connectivity index (χ3v) is 3.78. The Balaban J connectivity index is 1.77. The van der Waals surface area contributed by atoms with E-state index in [1.807, 2.05) is 0 Å². The molecule has 2 atom stereocenters. The van der Waals surface area contributed by atoms with Crippen LogP contribution in [0.5, 0.6) is 0 Å². The first-order chi connectivity index (χ1) is 9.29. The fourth-order valence-electron chi connectivity index (χ4n) is 2.64. The van der Waals surface area contributed by atoms with Crippen molar-refractivity contribution in [3.63, 3.8) is 0 Å². The summed E-state index contributed by atoms with van der Waals surface area (Å²) < 4.78 is 5.49. The topological polar surface area (TPSA) is 33.3 Å². The van der Waals surface area contributed by atoms with Gasteiger partial charge in [-0.3, -0.25) is 0 Å². The molecular formula is C16H26N2O. The second-order valence-electron chi connectivity index (χ2n) is 5.37. The van der Waals surface area contributed by atoms with E-state index in [0.29, 0.717) is 12.1 Å². The molecule has 2 N–H and O–H groups in total. The lowest BCUT2D eigenvalue weighted by Crippen LogP contribution is -2.44. The summed E-state index contributed by atoms with van der Waals surface area (Å²) in [6, 6.07) is 9.69. The van der Waals surface area contributed by atoms with E-state index in [4.69, 9.17) is 4.74 Å². The van der Waals surface area contributed by atoms with Crippen LogP contribution < -0.4 is 10.6 Å². The first-order valence-electron chi connectivity index (χ1n) is 7.41. The molecule has 2 rings (SSSR count). The predicted molar refractivity (Wildman–Crippen MR) is 79.3 cm³/mol. The predicted octanol–water partition coefficient (Wildman–Crippen LogP) is 2.11. The molecule has 1 heterocycles. The number of aryl methyl sites for hydroxylation is 1. The van der Waals surface area contributed by atoms with Gasteiger partial charge in [0.1, 0.15) is 0 Å². The van der Waals surface area contributed by atoms with Gasteiger partial charge in [-0.25, -0.2) is 0 Å². The van der Waals surface area contributed by atoms with Crippen LogP contribution in [-0.4, -0.2) is 31.8 Å². The monoisotopic (exact) mass is 262 g/mol. The average Bonchev–Trinajstić information content (AvgIpc) is 2.46. The SMILES string of the molecule is CCc1ccccc1CNC(C)CC1COCCN1. The van der Waals surface area contributed by atoms with Crippen molar-refractivity contribution in [2.45, 2.75) is 45.3 Å². The summed E-state index contributed by atoms with van der Waals surface area (Å²) in [5, 5.41) is 7.13. The average molecular weight is 262 g/mol. The first kappa shape index (κ1) is 14.5. The minimum absolute atomic E-state index is 0.498. The van der Waals surface area contributed by atoms with Gasteiger partial charge >= 0.3 is 0 Å². The molecule has 1 aromatic rings. The fraction of sp³-hybridized carbons (Fsp3) is 0.625. The van der Waals surface area contributed by atoms with Crippen LogP contribution in [0.15, 0.2) is 24.3 Å². The van der Waals surface area contributed by atoms with Gasteiger partial charge in [-0.2, -0.15) is 0 Å². The van der Waals surface area contributed by atoms with Gasteiger partial charge < -0.3 is 15.4 Å². The van der Waals surface area contributed by atoms with E-state index in [0.717, 1.165) is 39.1 Å². The minimum atomic E-state index is 0.498. The van der Waals surface area contributed by atoms with Crippen LogP contribution in [-0.2, 0) is 17.7 Å². The first-order valence-corrected chi connectivity index (χ1v) is 7.41. The zero-order chi connectivity index (χ0) is 13.5. The van der Waals surface area contributed by atoms with E-state index in [-0.39, 0.29) is 0 Å². The molecule has 1 saturated heterocycles. The van der Waals surface area contributed by atoms with E-state index < -0.39 is 0 Å². The summed E-state index contributed by atoms with van der Waals surface area (Å²) in [7, 11) is 0. The molecule has 2 unspecified atom stereocenters. The van der Waals surface area contributed by atoms with Crippen molar-refractivity contribution >= 4 is 0 Å². The Morgan fingerprint density at radius 1 is 1.37 bits per heavy atom. The highest BCUT2D eigenvalue weighted by Crippen LogP contribution is 2.10. The third kappa shape index (κ3) is 4.60. The number of nitrogens with one attached hydrogen (secondary N) is 2. The number of benzene rings is 1. The molecule has 1 aliphatic heterocycles. The molecule has 1 aliphatic rings. The summed E-state index contributed by atoms with van der Waals surface area (Å²) in [6.07, 6.45) is 2.22. The molecule has 0 aliphatic carbocycles. The molecule has 3 nitrogen and oxygen atoms in total. The van der Waals surface area contributed by atoms with Crippen LogP contribution in [0.2, 0.25) is 0 Å². The van der Waals surface area contributed by atoms with Gasteiger partial charge in [0.25, 0.3) is 0 Å². The minimum Gasteiger partial charge on any atom is -0.379 e. The normalized spacial score (nSPS) is 21.3. The lowest BCUT2D eigenvalue weighted by Gasteiger charge is -2.27. The summed E-state index contributed by atoms with van der Waals surface area (Å²) in [5.41, 5.74) is 2.87. The van der Waals surface area contributed by atoms with Crippen LogP contribution in [0, 0.1) is 0 Å². The molecule has 0 spiro atoms. The van der Waals surface area contributed by atoms with Crippen molar-refractivity contribution < 1.29 is 4.74 Å². The lowest BCUT2D eigenvalue weighted by atomic mass is 10.0. The smallest absolute Gasteiger partial charge is 0.0620 e. The van der Waals surface area contributed by atoms with E-state index in [9.17, 15) is 0 Å². The van der Waals surface area contributed by atoms with Gasteiger partial charge in [0, 0.05) is 25.2 Å². The Kier molecular flexibility index (Phi) is 5.83. The van der Waals surface area contributed by atoms with Crippen LogP contribution in [0.25, 0.3) is 0 Å². The van der Waals surface area contributed by atoms with E-state index in [2.05, 4.69) is 48.7 Å². The van der Waals surface area contributed by atoms with Crippen molar-refractivity contribution in [2.24, 2.45) is 0 Å². The maximum absolute atomic E-state index is 5.49. The van der Waals surface area contributed by atoms with Crippen molar-refractivity contribution in [1.82, 2.24) is 10.6 Å². The summed E-state index contributed by atoms with van der Waals surface area (Å²) in [6.45, 7) is 8.10. The number of ether oxygens (including phenoxy) is 1. The molecule has 0 radical (unpaired) electrons. The van der Waals surface area contributed by atoms with Crippen LogP contribution in [0.1, 0.15) is 31.4 Å². The molecule has 3 heteroatoms. The highest BCUT2D eigenvalue weighted by molar-refractivity contribution is 5.26. The largest absolute Gasteiger partial charge is 0.379 e. The number of hydrogen-bond donors (Lipinski definition) is 2. The molecule has 0 saturated carbocycles.